The third kappa shape index (κ3) is 4.69. The molecule has 26 heavy (non-hydrogen) atoms. The molecule has 0 saturated heterocycles. The van der Waals surface area contributed by atoms with E-state index in [1.165, 1.54) is 12.6 Å². The topological polar surface area (TPSA) is 62.3 Å². The number of nitrogens with zero attached hydrogens (tertiary/aromatic N) is 2. The van der Waals surface area contributed by atoms with Gasteiger partial charge < -0.3 is 10.2 Å². The Bertz CT molecular complexity index is 755. The molecule has 1 saturated carbocycles. The normalized spacial score (nSPS) is 14.7. The fourth-order valence-electron chi connectivity index (χ4n) is 3.33. The van der Waals surface area contributed by atoms with Gasteiger partial charge in [0, 0.05) is 31.4 Å². The minimum absolute atomic E-state index is 0.126. The van der Waals surface area contributed by atoms with E-state index in [2.05, 4.69) is 10.3 Å². The maximum Gasteiger partial charge on any atom is 0.272 e. The van der Waals surface area contributed by atoms with Gasteiger partial charge in [-0.25, -0.2) is 0 Å². The summed E-state index contributed by atoms with van der Waals surface area (Å²) < 4.78 is 0. The lowest BCUT2D eigenvalue weighted by molar-refractivity contribution is 0.0779. The van der Waals surface area contributed by atoms with Gasteiger partial charge in [-0.15, -0.1) is 0 Å². The molecule has 1 N–H and O–H groups in total. The molecule has 1 aliphatic rings. The number of nitrogens with one attached hydrogen (secondary N) is 1. The quantitative estimate of drug-likeness (QED) is 0.898. The molecular weight excluding hydrogens is 326 g/mol. The molecule has 1 fully saturated rings. The molecule has 1 heterocycles. The Labute approximate surface area is 154 Å². The number of pyridine rings is 1. The third-order valence-electron chi connectivity index (χ3n) is 4.79. The summed E-state index contributed by atoms with van der Waals surface area (Å²) in [6, 6.07) is 13.3. The summed E-state index contributed by atoms with van der Waals surface area (Å²) in [5.74, 6) is -0.319. The van der Waals surface area contributed by atoms with Crippen LogP contribution >= 0.6 is 0 Å². The van der Waals surface area contributed by atoms with Crippen LogP contribution < -0.4 is 5.32 Å². The van der Waals surface area contributed by atoms with Crippen molar-refractivity contribution in [2.75, 3.05) is 7.05 Å². The van der Waals surface area contributed by atoms with Crippen molar-refractivity contribution < 1.29 is 9.59 Å². The number of rotatable bonds is 5. The van der Waals surface area contributed by atoms with Gasteiger partial charge in [0.05, 0.1) is 0 Å². The summed E-state index contributed by atoms with van der Waals surface area (Å²) in [6.45, 7) is 0.500. The molecule has 5 nitrogen and oxygen atoms in total. The Morgan fingerprint density at radius 1 is 1.12 bits per heavy atom. The molecular formula is C21H25N3O2. The predicted molar refractivity (Wildman–Crippen MR) is 101 cm³/mol. The van der Waals surface area contributed by atoms with Crippen molar-refractivity contribution in [2.45, 2.75) is 44.7 Å². The first-order valence-electron chi connectivity index (χ1n) is 9.20. The SMILES string of the molecule is CN(Cc1ccccc1)C(=O)c1cc(C(=O)NC2CCCCC2)ccn1. The molecule has 2 amide bonds. The van der Waals surface area contributed by atoms with Gasteiger partial charge in [-0.05, 0) is 30.5 Å². The highest BCUT2D eigenvalue weighted by Crippen LogP contribution is 2.18. The highest BCUT2D eigenvalue weighted by atomic mass is 16.2. The average Bonchev–Trinajstić information content (AvgIpc) is 2.69. The maximum absolute atomic E-state index is 12.6. The minimum Gasteiger partial charge on any atom is -0.349 e. The van der Waals surface area contributed by atoms with Gasteiger partial charge >= 0.3 is 0 Å². The lowest BCUT2D eigenvalue weighted by atomic mass is 9.95. The lowest BCUT2D eigenvalue weighted by Crippen LogP contribution is -2.36. The van der Waals surface area contributed by atoms with Gasteiger partial charge in [0.25, 0.3) is 11.8 Å². The Balaban J connectivity index is 1.65. The largest absolute Gasteiger partial charge is 0.349 e. The number of hydrogen-bond acceptors (Lipinski definition) is 3. The summed E-state index contributed by atoms with van der Waals surface area (Å²) in [7, 11) is 1.74. The van der Waals surface area contributed by atoms with E-state index < -0.39 is 0 Å². The smallest absolute Gasteiger partial charge is 0.272 e. The van der Waals surface area contributed by atoms with E-state index in [1.54, 1.807) is 24.1 Å². The van der Waals surface area contributed by atoms with Crippen molar-refractivity contribution in [2.24, 2.45) is 0 Å². The average molecular weight is 351 g/mol. The molecule has 136 valence electrons. The van der Waals surface area contributed by atoms with Crippen molar-refractivity contribution >= 4 is 11.8 Å². The molecule has 0 radical (unpaired) electrons. The van der Waals surface area contributed by atoms with Crippen LogP contribution in [0, 0.1) is 0 Å². The Morgan fingerprint density at radius 2 is 1.85 bits per heavy atom. The Hall–Kier alpha value is -2.69. The molecule has 0 aliphatic heterocycles. The van der Waals surface area contributed by atoms with Gasteiger partial charge in [-0.1, -0.05) is 49.6 Å². The van der Waals surface area contributed by atoms with E-state index >= 15 is 0 Å². The van der Waals surface area contributed by atoms with Crippen LogP contribution in [0.5, 0.6) is 0 Å². The van der Waals surface area contributed by atoms with Crippen molar-refractivity contribution in [1.29, 1.82) is 0 Å². The second-order valence-electron chi connectivity index (χ2n) is 6.88. The van der Waals surface area contributed by atoms with Gasteiger partial charge in [-0.3, -0.25) is 14.6 Å². The number of amides is 2. The summed E-state index contributed by atoms with van der Waals surface area (Å²) >= 11 is 0. The van der Waals surface area contributed by atoms with E-state index in [0.717, 1.165) is 31.2 Å². The minimum atomic E-state index is -0.193. The number of hydrogen-bond donors (Lipinski definition) is 1. The van der Waals surface area contributed by atoms with Crippen molar-refractivity contribution in [3.05, 3.63) is 65.5 Å². The molecule has 3 rings (SSSR count). The molecule has 0 atom stereocenters. The third-order valence-corrected chi connectivity index (χ3v) is 4.79. The van der Waals surface area contributed by atoms with Crippen LogP contribution in [0.2, 0.25) is 0 Å². The first-order valence-corrected chi connectivity index (χ1v) is 9.20. The molecule has 2 aromatic rings. The van der Waals surface area contributed by atoms with Crippen molar-refractivity contribution in [3.63, 3.8) is 0 Å². The molecule has 1 aliphatic carbocycles. The fourth-order valence-corrected chi connectivity index (χ4v) is 3.33. The van der Waals surface area contributed by atoms with Crippen LogP contribution in [0.15, 0.2) is 48.7 Å². The van der Waals surface area contributed by atoms with Gasteiger partial charge in [0.1, 0.15) is 5.69 Å². The molecule has 0 spiro atoms. The zero-order chi connectivity index (χ0) is 18.4. The maximum atomic E-state index is 12.6. The Morgan fingerprint density at radius 3 is 2.58 bits per heavy atom. The second-order valence-corrected chi connectivity index (χ2v) is 6.88. The summed E-state index contributed by atoms with van der Waals surface area (Å²) in [5, 5.41) is 3.08. The monoisotopic (exact) mass is 351 g/mol. The highest BCUT2D eigenvalue weighted by Gasteiger charge is 2.19. The van der Waals surface area contributed by atoms with Crippen molar-refractivity contribution in [3.8, 4) is 0 Å². The number of carbonyl (C=O) groups excluding carboxylic acids is 2. The van der Waals surface area contributed by atoms with Crippen LogP contribution in [-0.2, 0) is 6.54 Å². The second kappa shape index (κ2) is 8.61. The van der Waals surface area contributed by atoms with Crippen LogP contribution in [0.1, 0.15) is 58.5 Å². The summed E-state index contributed by atoms with van der Waals surface area (Å²) in [4.78, 5) is 30.9. The van der Waals surface area contributed by atoms with E-state index in [-0.39, 0.29) is 17.9 Å². The first-order chi connectivity index (χ1) is 12.6. The van der Waals surface area contributed by atoms with Crippen LogP contribution in [-0.4, -0.2) is 34.8 Å². The standard InChI is InChI=1S/C21H25N3O2/c1-24(15-16-8-4-2-5-9-16)21(26)19-14-17(12-13-22-19)20(25)23-18-10-6-3-7-11-18/h2,4-5,8-9,12-14,18H,3,6-7,10-11,15H2,1H3,(H,23,25). The van der Waals surface area contributed by atoms with E-state index in [0.29, 0.717) is 17.8 Å². The fraction of sp³-hybridized carbons (Fsp3) is 0.381. The molecule has 0 bridgehead atoms. The Kier molecular flexibility index (Phi) is 6.00. The zero-order valence-corrected chi connectivity index (χ0v) is 15.1. The lowest BCUT2D eigenvalue weighted by Gasteiger charge is -2.23. The molecule has 0 unspecified atom stereocenters. The highest BCUT2D eigenvalue weighted by molar-refractivity contribution is 5.98. The molecule has 5 heteroatoms. The first kappa shape index (κ1) is 18.1. The predicted octanol–water partition coefficient (Wildman–Crippen LogP) is 3.42. The zero-order valence-electron chi connectivity index (χ0n) is 15.1. The van der Waals surface area contributed by atoms with Gasteiger partial charge in [0.15, 0.2) is 0 Å². The van der Waals surface area contributed by atoms with Gasteiger partial charge in [0.2, 0.25) is 0 Å². The van der Waals surface area contributed by atoms with E-state index in [4.69, 9.17) is 0 Å². The number of carbonyl (C=O) groups is 2. The molecule has 1 aromatic carbocycles. The van der Waals surface area contributed by atoms with Crippen LogP contribution in [0.3, 0.4) is 0 Å². The number of benzene rings is 1. The number of aromatic nitrogens is 1. The van der Waals surface area contributed by atoms with Crippen LogP contribution in [0.4, 0.5) is 0 Å². The van der Waals surface area contributed by atoms with Crippen LogP contribution in [0.25, 0.3) is 0 Å². The summed E-state index contributed by atoms with van der Waals surface area (Å²) in [6.07, 6.45) is 7.16. The van der Waals surface area contributed by atoms with Gasteiger partial charge in [-0.2, -0.15) is 0 Å². The summed E-state index contributed by atoms with van der Waals surface area (Å²) in [5.41, 5.74) is 1.83. The van der Waals surface area contributed by atoms with Crippen molar-refractivity contribution in [1.82, 2.24) is 15.2 Å². The van der Waals surface area contributed by atoms with E-state index in [1.807, 2.05) is 30.3 Å². The molecule has 1 aromatic heterocycles. The van der Waals surface area contributed by atoms with E-state index in [9.17, 15) is 9.59 Å².